The number of aliphatic hydroxyl groups excluding tert-OH is 1. The Bertz CT molecular complexity index is 367. The first-order valence-corrected chi connectivity index (χ1v) is 6.19. The highest BCUT2D eigenvalue weighted by atomic mass is 16.5. The van der Waals surface area contributed by atoms with Gasteiger partial charge in [0, 0.05) is 26.3 Å². The molecule has 2 unspecified atom stereocenters. The van der Waals surface area contributed by atoms with E-state index in [-0.39, 0.29) is 12.1 Å². The molecule has 0 heterocycles. The van der Waals surface area contributed by atoms with Crippen LogP contribution in [0.3, 0.4) is 0 Å². The maximum absolute atomic E-state index is 10.3. The number of aliphatic hydroxyl groups is 1. The minimum atomic E-state index is -0.348. The van der Waals surface area contributed by atoms with Crippen LogP contribution in [0, 0.1) is 0 Å². The van der Waals surface area contributed by atoms with Gasteiger partial charge in [-0.1, -0.05) is 24.3 Å². The van der Waals surface area contributed by atoms with Gasteiger partial charge in [-0.15, -0.1) is 0 Å². The predicted molar refractivity (Wildman–Crippen MR) is 68.0 cm³/mol. The van der Waals surface area contributed by atoms with E-state index in [9.17, 15) is 5.11 Å². The Morgan fingerprint density at radius 3 is 2.88 bits per heavy atom. The molecule has 94 valence electrons. The van der Waals surface area contributed by atoms with E-state index in [0.29, 0.717) is 0 Å². The molecular formula is C14H21NO2. The lowest BCUT2D eigenvalue weighted by Gasteiger charge is -2.27. The Morgan fingerprint density at radius 2 is 2.18 bits per heavy atom. The van der Waals surface area contributed by atoms with E-state index in [0.717, 1.165) is 31.6 Å². The molecule has 0 saturated carbocycles. The maximum atomic E-state index is 10.3. The summed E-state index contributed by atoms with van der Waals surface area (Å²) >= 11 is 0. The molecule has 0 amide bonds. The van der Waals surface area contributed by atoms with E-state index in [1.54, 1.807) is 7.11 Å². The summed E-state index contributed by atoms with van der Waals surface area (Å²) in [7, 11) is 3.80. The summed E-state index contributed by atoms with van der Waals surface area (Å²) in [6, 6.07) is 8.39. The van der Waals surface area contributed by atoms with E-state index in [4.69, 9.17) is 4.74 Å². The molecule has 0 fully saturated rings. The van der Waals surface area contributed by atoms with Gasteiger partial charge in [-0.25, -0.2) is 0 Å². The summed E-state index contributed by atoms with van der Waals surface area (Å²) in [6.07, 6.45) is 1.60. The van der Waals surface area contributed by atoms with E-state index >= 15 is 0 Å². The van der Waals surface area contributed by atoms with Gasteiger partial charge in [0.05, 0.1) is 6.10 Å². The van der Waals surface area contributed by atoms with Crippen molar-refractivity contribution in [2.45, 2.75) is 25.0 Å². The van der Waals surface area contributed by atoms with Gasteiger partial charge in [0.1, 0.15) is 0 Å². The maximum Gasteiger partial charge on any atom is 0.0950 e. The molecule has 3 nitrogen and oxygen atoms in total. The van der Waals surface area contributed by atoms with Crippen LogP contribution in [-0.2, 0) is 11.2 Å². The van der Waals surface area contributed by atoms with Crippen LogP contribution in [0.25, 0.3) is 0 Å². The Kier molecular flexibility index (Phi) is 4.15. The molecule has 2 rings (SSSR count). The summed E-state index contributed by atoms with van der Waals surface area (Å²) in [4.78, 5) is 2.24. The highest BCUT2D eigenvalue weighted by Crippen LogP contribution is 2.33. The first kappa shape index (κ1) is 12.6. The lowest BCUT2D eigenvalue weighted by atomic mass is 10.1. The van der Waals surface area contributed by atoms with Crippen LogP contribution < -0.4 is 0 Å². The van der Waals surface area contributed by atoms with Crippen molar-refractivity contribution < 1.29 is 9.84 Å². The second-order valence-electron chi connectivity index (χ2n) is 4.74. The molecule has 1 aromatic carbocycles. The standard InChI is InChI=1S/C14H21NO2/c1-15(8-5-9-17-2)13-10-11-6-3-4-7-12(11)14(13)16/h3-4,6-7,13-14,16H,5,8-10H2,1-2H3. The lowest BCUT2D eigenvalue weighted by Crippen LogP contribution is -2.36. The summed E-state index contributed by atoms with van der Waals surface area (Å²) in [5.74, 6) is 0. The monoisotopic (exact) mass is 235 g/mol. The van der Waals surface area contributed by atoms with Gasteiger partial charge in [-0.05, 0) is 31.0 Å². The molecule has 1 aliphatic carbocycles. The molecular weight excluding hydrogens is 214 g/mol. The second-order valence-corrected chi connectivity index (χ2v) is 4.74. The van der Waals surface area contributed by atoms with Gasteiger partial charge in [0.25, 0.3) is 0 Å². The van der Waals surface area contributed by atoms with Crippen molar-refractivity contribution in [2.24, 2.45) is 0 Å². The third-order valence-corrected chi connectivity index (χ3v) is 3.59. The average molecular weight is 235 g/mol. The van der Waals surface area contributed by atoms with Crippen molar-refractivity contribution in [3.8, 4) is 0 Å². The zero-order chi connectivity index (χ0) is 12.3. The van der Waals surface area contributed by atoms with Crippen molar-refractivity contribution in [3.05, 3.63) is 35.4 Å². The fraction of sp³-hybridized carbons (Fsp3) is 0.571. The zero-order valence-corrected chi connectivity index (χ0v) is 10.6. The van der Waals surface area contributed by atoms with E-state index < -0.39 is 0 Å². The molecule has 17 heavy (non-hydrogen) atoms. The van der Waals surface area contributed by atoms with Crippen molar-refractivity contribution >= 4 is 0 Å². The summed E-state index contributed by atoms with van der Waals surface area (Å²) in [6.45, 7) is 1.74. The van der Waals surface area contributed by atoms with Crippen LogP contribution in [0.1, 0.15) is 23.7 Å². The fourth-order valence-corrected chi connectivity index (χ4v) is 2.57. The van der Waals surface area contributed by atoms with Crippen LogP contribution in [0.15, 0.2) is 24.3 Å². The molecule has 1 N–H and O–H groups in total. The largest absolute Gasteiger partial charge is 0.387 e. The molecule has 0 aromatic heterocycles. The van der Waals surface area contributed by atoms with Crippen molar-refractivity contribution in [1.29, 1.82) is 0 Å². The van der Waals surface area contributed by atoms with Crippen LogP contribution >= 0.6 is 0 Å². The van der Waals surface area contributed by atoms with E-state index in [1.165, 1.54) is 5.56 Å². The number of ether oxygens (including phenoxy) is 1. The number of benzene rings is 1. The number of likely N-dealkylation sites (N-methyl/N-ethyl adjacent to an activating group) is 1. The Balaban J connectivity index is 1.97. The molecule has 0 radical (unpaired) electrons. The fourth-order valence-electron chi connectivity index (χ4n) is 2.57. The quantitative estimate of drug-likeness (QED) is 0.787. The van der Waals surface area contributed by atoms with E-state index in [2.05, 4.69) is 18.0 Å². The molecule has 0 aliphatic heterocycles. The third kappa shape index (κ3) is 2.68. The topological polar surface area (TPSA) is 32.7 Å². The molecule has 1 aliphatic rings. The van der Waals surface area contributed by atoms with Crippen LogP contribution in [0.5, 0.6) is 0 Å². The van der Waals surface area contributed by atoms with Crippen LogP contribution in [0.4, 0.5) is 0 Å². The van der Waals surface area contributed by atoms with Crippen LogP contribution in [0.2, 0.25) is 0 Å². The second kappa shape index (κ2) is 5.63. The number of hydrogen-bond acceptors (Lipinski definition) is 3. The van der Waals surface area contributed by atoms with E-state index in [1.807, 2.05) is 18.2 Å². The van der Waals surface area contributed by atoms with Crippen molar-refractivity contribution in [3.63, 3.8) is 0 Å². The molecule has 0 bridgehead atoms. The molecule has 2 atom stereocenters. The molecule has 1 aromatic rings. The van der Waals surface area contributed by atoms with Gasteiger partial charge in [0.2, 0.25) is 0 Å². The zero-order valence-electron chi connectivity index (χ0n) is 10.6. The van der Waals surface area contributed by atoms with Gasteiger partial charge < -0.3 is 14.7 Å². The number of rotatable bonds is 5. The van der Waals surface area contributed by atoms with Gasteiger partial charge in [-0.3, -0.25) is 0 Å². The first-order valence-electron chi connectivity index (χ1n) is 6.19. The van der Waals surface area contributed by atoms with Gasteiger partial charge in [-0.2, -0.15) is 0 Å². The normalized spacial score (nSPS) is 23.1. The molecule has 0 spiro atoms. The highest BCUT2D eigenvalue weighted by Gasteiger charge is 2.32. The summed E-state index contributed by atoms with van der Waals surface area (Å²) in [5.41, 5.74) is 2.37. The third-order valence-electron chi connectivity index (χ3n) is 3.59. The molecule has 3 heteroatoms. The minimum Gasteiger partial charge on any atom is -0.387 e. The summed E-state index contributed by atoms with van der Waals surface area (Å²) < 4.78 is 5.05. The first-order chi connectivity index (χ1) is 8.24. The molecule has 0 saturated heterocycles. The minimum absolute atomic E-state index is 0.212. The Morgan fingerprint density at radius 1 is 1.41 bits per heavy atom. The van der Waals surface area contributed by atoms with Crippen molar-refractivity contribution in [2.75, 3.05) is 27.3 Å². The Hall–Kier alpha value is -0.900. The number of fused-ring (bicyclic) bond motifs is 1. The van der Waals surface area contributed by atoms with Gasteiger partial charge in [0.15, 0.2) is 0 Å². The highest BCUT2D eigenvalue weighted by molar-refractivity contribution is 5.35. The van der Waals surface area contributed by atoms with Gasteiger partial charge >= 0.3 is 0 Å². The lowest BCUT2D eigenvalue weighted by molar-refractivity contribution is 0.0700. The predicted octanol–water partition coefficient (Wildman–Crippen LogP) is 1.61. The number of hydrogen-bond donors (Lipinski definition) is 1. The average Bonchev–Trinajstić information content (AvgIpc) is 2.68. The summed E-state index contributed by atoms with van der Waals surface area (Å²) in [5, 5.41) is 10.3. The number of nitrogens with zero attached hydrogens (tertiary/aromatic N) is 1. The van der Waals surface area contributed by atoms with Crippen LogP contribution in [-0.4, -0.2) is 43.4 Å². The Labute approximate surface area is 103 Å². The SMILES string of the molecule is COCCCN(C)C1Cc2ccccc2C1O. The van der Waals surface area contributed by atoms with Crippen molar-refractivity contribution in [1.82, 2.24) is 4.90 Å². The number of methoxy groups -OCH3 is 1. The smallest absolute Gasteiger partial charge is 0.0950 e.